The van der Waals surface area contributed by atoms with Gasteiger partial charge in [0.05, 0.1) is 6.61 Å². The Labute approximate surface area is 183 Å². The van der Waals surface area contributed by atoms with E-state index >= 15 is 0 Å². The van der Waals surface area contributed by atoms with Gasteiger partial charge in [0.15, 0.2) is 18.1 Å². The minimum Gasteiger partial charge on any atom is -0.490 e. The van der Waals surface area contributed by atoms with Gasteiger partial charge in [-0.15, -0.1) is 12.4 Å². The third kappa shape index (κ3) is 12.0. The Hall–Kier alpha value is -1.46. The van der Waals surface area contributed by atoms with E-state index in [1.807, 2.05) is 45.9 Å². The first-order valence-corrected chi connectivity index (χ1v) is 10.2. The number of nitrogens with one attached hydrogen (secondary N) is 2. The zero-order chi connectivity index (χ0) is 21.6. The molecular formula is C23H41ClN2O3. The SMILES string of the molecule is CCOc1cc(CNC(C)(C)CC(C)(C)C)ccc1OCC(=O)NC(C)(C)C.Cl. The maximum absolute atomic E-state index is 12.0. The first-order valence-electron chi connectivity index (χ1n) is 10.2. The first-order chi connectivity index (χ1) is 12.7. The van der Waals surface area contributed by atoms with E-state index in [4.69, 9.17) is 9.47 Å². The van der Waals surface area contributed by atoms with E-state index in [2.05, 4.69) is 45.3 Å². The summed E-state index contributed by atoms with van der Waals surface area (Å²) in [5.41, 5.74) is 1.14. The molecule has 29 heavy (non-hydrogen) atoms. The number of benzene rings is 1. The predicted octanol–water partition coefficient (Wildman–Crippen LogP) is 5.11. The summed E-state index contributed by atoms with van der Waals surface area (Å²) in [6, 6.07) is 5.88. The average molecular weight is 429 g/mol. The number of carbonyl (C=O) groups is 1. The maximum atomic E-state index is 12.0. The fraction of sp³-hybridized carbons (Fsp3) is 0.696. The van der Waals surface area contributed by atoms with Crippen molar-refractivity contribution in [2.24, 2.45) is 5.41 Å². The lowest BCUT2D eigenvalue weighted by molar-refractivity contribution is -0.124. The van der Waals surface area contributed by atoms with Crippen molar-refractivity contribution in [2.45, 2.75) is 86.4 Å². The molecule has 2 N–H and O–H groups in total. The topological polar surface area (TPSA) is 59.6 Å². The van der Waals surface area contributed by atoms with Crippen molar-refractivity contribution in [3.63, 3.8) is 0 Å². The van der Waals surface area contributed by atoms with Crippen LogP contribution in [0.3, 0.4) is 0 Å². The molecule has 0 radical (unpaired) electrons. The van der Waals surface area contributed by atoms with Crippen LogP contribution in [0, 0.1) is 5.41 Å². The molecule has 0 aliphatic heterocycles. The van der Waals surface area contributed by atoms with Crippen molar-refractivity contribution < 1.29 is 14.3 Å². The van der Waals surface area contributed by atoms with Gasteiger partial charge in [-0.3, -0.25) is 4.79 Å². The normalized spacial score (nSPS) is 12.2. The first kappa shape index (κ1) is 27.5. The highest BCUT2D eigenvalue weighted by Gasteiger charge is 2.25. The molecule has 5 nitrogen and oxygen atoms in total. The minimum atomic E-state index is -0.279. The van der Waals surface area contributed by atoms with Gasteiger partial charge in [0, 0.05) is 17.6 Å². The second-order valence-corrected chi connectivity index (χ2v) is 10.3. The van der Waals surface area contributed by atoms with Gasteiger partial charge in [-0.05, 0) is 71.1 Å². The van der Waals surface area contributed by atoms with Crippen molar-refractivity contribution in [3.05, 3.63) is 23.8 Å². The summed E-state index contributed by atoms with van der Waals surface area (Å²) in [4.78, 5) is 12.0. The summed E-state index contributed by atoms with van der Waals surface area (Å²) in [6.45, 7) is 20.2. The molecule has 0 bridgehead atoms. The molecule has 0 aliphatic carbocycles. The number of hydrogen-bond acceptors (Lipinski definition) is 4. The van der Waals surface area contributed by atoms with Gasteiger partial charge >= 0.3 is 0 Å². The van der Waals surface area contributed by atoms with Crippen molar-refractivity contribution in [2.75, 3.05) is 13.2 Å². The lowest BCUT2D eigenvalue weighted by Crippen LogP contribution is -2.43. The molecule has 0 aliphatic rings. The highest BCUT2D eigenvalue weighted by molar-refractivity contribution is 5.85. The Kier molecular flexibility index (Phi) is 10.5. The monoisotopic (exact) mass is 428 g/mol. The molecule has 1 aromatic carbocycles. The van der Waals surface area contributed by atoms with Gasteiger partial charge in [-0.2, -0.15) is 0 Å². The predicted molar refractivity (Wildman–Crippen MR) is 123 cm³/mol. The van der Waals surface area contributed by atoms with E-state index in [1.165, 1.54) is 0 Å². The molecular weight excluding hydrogens is 388 g/mol. The molecule has 0 atom stereocenters. The lowest BCUT2D eigenvalue weighted by atomic mass is 9.82. The highest BCUT2D eigenvalue weighted by atomic mass is 35.5. The van der Waals surface area contributed by atoms with Crippen LogP contribution in [0.1, 0.15) is 74.3 Å². The summed E-state index contributed by atoms with van der Waals surface area (Å²) in [5.74, 6) is 1.10. The van der Waals surface area contributed by atoms with Crippen LogP contribution in [0.25, 0.3) is 0 Å². The Morgan fingerprint density at radius 2 is 1.59 bits per heavy atom. The Balaban J connectivity index is 0.00000784. The van der Waals surface area contributed by atoms with Crippen LogP contribution in [-0.4, -0.2) is 30.2 Å². The number of rotatable bonds is 9. The molecule has 0 spiro atoms. The highest BCUT2D eigenvalue weighted by Crippen LogP contribution is 2.30. The van der Waals surface area contributed by atoms with Gasteiger partial charge < -0.3 is 20.1 Å². The standard InChI is InChI=1S/C23H40N2O3.ClH/c1-10-27-19-13-17(14-24-23(8,9)16-21(2,3)4)11-12-18(19)28-15-20(26)25-22(5,6)7;/h11-13,24H,10,14-16H2,1-9H3,(H,25,26);1H. The van der Waals surface area contributed by atoms with Gasteiger partial charge in [-0.1, -0.05) is 26.8 Å². The van der Waals surface area contributed by atoms with Crippen LogP contribution in [0.5, 0.6) is 11.5 Å². The van der Waals surface area contributed by atoms with Gasteiger partial charge in [-0.25, -0.2) is 0 Å². The van der Waals surface area contributed by atoms with Crippen molar-refractivity contribution in [1.29, 1.82) is 0 Å². The van der Waals surface area contributed by atoms with Crippen LogP contribution in [0.4, 0.5) is 0 Å². The van der Waals surface area contributed by atoms with Gasteiger partial charge in [0.25, 0.3) is 5.91 Å². The van der Waals surface area contributed by atoms with Crippen LogP contribution in [-0.2, 0) is 11.3 Å². The van der Waals surface area contributed by atoms with Crippen molar-refractivity contribution in [3.8, 4) is 11.5 Å². The molecule has 0 saturated heterocycles. The third-order valence-corrected chi connectivity index (χ3v) is 3.92. The van der Waals surface area contributed by atoms with E-state index in [9.17, 15) is 4.79 Å². The minimum absolute atomic E-state index is 0. The van der Waals surface area contributed by atoms with E-state index in [0.29, 0.717) is 18.1 Å². The number of carbonyl (C=O) groups excluding carboxylic acids is 1. The van der Waals surface area contributed by atoms with Crippen LogP contribution in [0.15, 0.2) is 18.2 Å². The second-order valence-electron chi connectivity index (χ2n) is 10.3. The second kappa shape index (κ2) is 11.1. The van der Waals surface area contributed by atoms with Crippen LogP contribution < -0.4 is 20.1 Å². The zero-order valence-corrected chi connectivity index (χ0v) is 20.5. The third-order valence-electron chi connectivity index (χ3n) is 3.92. The molecule has 0 unspecified atom stereocenters. The lowest BCUT2D eigenvalue weighted by Gasteiger charge is -2.33. The smallest absolute Gasteiger partial charge is 0.258 e. The van der Waals surface area contributed by atoms with E-state index in [-0.39, 0.29) is 41.4 Å². The largest absolute Gasteiger partial charge is 0.490 e. The van der Waals surface area contributed by atoms with Crippen LogP contribution in [0.2, 0.25) is 0 Å². The van der Waals surface area contributed by atoms with Crippen molar-refractivity contribution in [1.82, 2.24) is 10.6 Å². The van der Waals surface area contributed by atoms with Crippen molar-refractivity contribution >= 4 is 18.3 Å². The summed E-state index contributed by atoms with van der Waals surface area (Å²) in [6.07, 6.45) is 1.07. The zero-order valence-electron chi connectivity index (χ0n) is 19.7. The molecule has 168 valence electrons. The van der Waals surface area contributed by atoms with E-state index < -0.39 is 0 Å². The van der Waals surface area contributed by atoms with E-state index in [1.54, 1.807) is 0 Å². The Morgan fingerprint density at radius 1 is 0.966 bits per heavy atom. The quantitative estimate of drug-likeness (QED) is 0.574. The fourth-order valence-corrected chi connectivity index (χ4v) is 3.38. The molecule has 1 amide bonds. The summed E-state index contributed by atoms with van der Waals surface area (Å²) < 4.78 is 11.4. The Morgan fingerprint density at radius 3 is 2.10 bits per heavy atom. The molecule has 1 aromatic rings. The molecule has 0 fully saturated rings. The molecule has 6 heteroatoms. The fourth-order valence-electron chi connectivity index (χ4n) is 3.38. The van der Waals surface area contributed by atoms with Gasteiger partial charge in [0.2, 0.25) is 0 Å². The average Bonchev–Trinajstić information content (AvgIpc) is 2.48. The Bertz CT molecular complexity index is 647. The summed E-state index contributed by atoms with van der Waals surface area (Å²) in [5, 5.41) is 6.53. The molecule has 0 saturated carbocycles. The number of amides is 1. The maximum Gasteiger partial charge on any atom is 0.258 e. The summed E-state index contributed by atoms with van der Waals surface area (Å²) in [7, 11) is 0. The summed E-state index contributed by atoms with van der Waals surface area (Å²) >= 11 is 0. The molecule has 1 rings (SSSR count). The van der Waals surface area contributed by atoms with Crippen LogP contribution >= 0.6 is 12.4 Å². The molecule has 0 aromatic heterocycles. The van der Waals surface area contributed by atoms with Gasteiger partial charge in [0.1, 0.15) is 0 Å². The number of hydrogen-bond donors (Lipinski definition) is 2. The molecule has 0 heterocycles. The van der Waals surface area contributed by atoms with E-state index in [0.717, 1.165) is 18.5 Å². The number of halogens is 1. The number of ether oxygens (including phenoxy) is 2.